The fourth-order valence-electron chi connectivity index (χ4n) is 1.99. The second kappa shape index (κ2) is 7.21. The van der Waals surface area contributed by atoms with E-state index in [4.69, 9.17) is 4.74 Å². The Morgan fingerprint density at radius 3 is 2.67 bits per heavy atom. The number of rotatable bonds is 8. The first kappa shape index (κ1) is 15.6. The third kappa shape index (κ3) is 4.66. The topological polar surface area (TPSA) is 72.5 Å². The highest BCUT2D eigenvalue weighted by Gasteiger charge is 2.33. The van der Waals surface area contributed by atoms with Crippen LogP contribution in [0.15, 0.2) is 0 Å². The van der Waals surface area contributed by atoms with E-state index in [9.17, 15) is 13.2 Å². The van der Waals surface area contributed by atoms with E-state index in [1.807, 2.05) is 0 Å². The number of sulfone groups is 1. The van der Waals surface area contributed by atoms with Gasteiger partial charge in [-0.15, -0.1) is 0 Å². The smallest absolute Gasteiger partial charge is 0.150 e. The molecule has 1 rings (SSSR count). The maximum Gasteiger partial charge on any atom is 0.150 e. The van der Waals surface area contributed by atoms with Crippen LogP contribution in [-0.4, -0.2) is 51.5 Å². The molecule has 0 radical (unpaired) electrons. The van der Waals surface area contributed by atoms with E-state index >= 15 is 0 Å². The first-order valence-corrected chi connectivity index (χ1v) is 8.36. The summed E-state index contributed by atoms with van der Waals surface area (Å²) in [5.74, 6) is -0.139. The van der Waals surface area contributed by atoms with E-state index < -0.39 is 9.84 Å². The van der Waals surface area contributed by atoms with Crippen molar-refractivity contribution >= 4 is 15.6 Å². The van der Waals surface area contributed by atoms with Gasteiger partial charge in [-0.25, -0.2) is 8.42 Å². The number of ether oxygens (including phenoxy) is 1. The molecule has 1 N–H and O–H groups in total. The lowest BCUT2D eigenvalue weighted by molar-refractivity contribution is -0.122. The lowest BCUT2D eigenvalue weighted by Gasteiger charge is -2.17. The van der Waals surface area contributed by atoms with Gasteiger partial charge in [-0.2, -0.15) is 0 Å². The fourth-order valence-corrected chi connectivity index (χ4v) is 2.79. The molecular formula is C12H23NO4S. The Bertz CT molecular complexity index is 366. The van der Waals surface area contributed by atoms with Crippen molar-refractivity contribution < 1.29 is 17.9 Å². The van der Waals surface area contributed by atoms with Gasteiger partial charge in [0.05, 0.1) is 24.9 Å². The molecule has 0 aromatic rings. The Kier molecular flexibility index (Phi) is 6.25. The molecule has 2 unspecified atom stereocenters. The molecule has 5 nitrogen and oxygen atoms in total. The van der Waals surface area contributed by atoms with Crippen molar-refractivity contribution in [1.29, 1.82) is 0 Å². The summed E-state index contributed by atoms with van der Waals surface area (Å²) in [6.45, 7) is 5.46. The second-order valence-electron chi connectivity index (χ2n) is 4.66. The van der Waals surface area contributed by atoms with Gasteiger partial charge in [0.1, 0.15) is 15.6 Å². The first-order valence-electron chi connectivity index (χ1n) is 6.54. The summed E-state index contributed by atoms with van der Waals surface area (Å²) in [5.41, 5.74) is 0. The van der Waals surface area contributed by atoms with Crippen LogP contribution in [0.5, 0.6) is 0 Å². The van der Waals surface area contributed by atoms with Gasteiger partial charge >= 0.3 is 0 Å². The maximum absolute atomic E-state index is 12.0. The Balaban J connectivity index is 2.45. The van der Waals surface area contributed by atoms with Crippen LogP contribution < -0.4 is 5.32 Å². The van der Waals surface area contributed by atoms with E-state index in [1.165, 1.54) is 0 Å². The molecule has 1 heterocycles. The first-order chi connectivity index (χ1) is 8.50. The van der Waals surface area contributed by atoms with Crippen LogP contribution in [0.2, 0.25) is 0 Å². The van der Waals surface area contributed by atoms with Gasteiger partial charge in [0.25, 0.3) is 0 Å². The predicted molar refractivity (Wildman–Crippen MR) is 70.3 cm³/mol. The number of ketones is 1. The predicted octanol–water partition coefficient (Wildman–Crippen LogP) is 0.395. The van der Waals surface area contributed by atoms with E-state index in [0.29, 0.717) is 13.2 Å². The molecule has 0 aromatic heterocycles. The molecule has 1 aliphatic heterocycles. The molecule has 1 fully saturated rings. The Labute approximate surface area is 109 Å². The average Bonchev–Trinajstić information content (AvgIpc) is 2.82. The van der Waals surface area contributed by atoms with Gasteiger partial charge in [-0.3, -0.25) is 4.79 Å². The lowest BCUT2D eigenvalue weighted by atomic mass is 9.97. The van der Waals surface area contributed by atoms with Crippen LogP contribution in [0.25, 0.3) is 0 Å². The van der Waals surface area contributed by atoms with Crippen LogP contribution in [0.4, 0.5) is 0 Å². The lowest BCUT2D eigenvalue weighted by Crippen LogP contribution is -2.40. The van der Waals surface area contributed by atoms with Crippen molar-refractivity contribution in [1.82, 2.24) is 5.32 Å². The standard InChI is InChI=1S/C12H23NO4S/c1-3-6-13-11-9-17-8-10(11)12(14)5-7-18(15,16)4-2/h10-11,13H,3-9H2,1-2H3. The summed E-state index contributed by atoms with van der Waals surface area (Å²) in [5, 5.41) is 3.28. The third-order valence-electron chi connectivity index (χ3n) is 3.25. The zero-order valence-corrected chi connectivity index (χ0v) is 12.0. The molecule has 106 valence electrons. The van der Waals surface area contributed by atoms with Crippen molar-refractivity contribution in [3.8, 4) is 0 Å². The van der Waals surface area contributed by atoms with Crippen molar-refractivity contribution in [3.63, 3.8) is 0 Å². The normalized spacial score (nSPS) is 24.3. The van der Waals surface area contributed by atoms with E-state index in [-0.39, 0.29) is 35.7 Å². The van der Waals surface area contributed by atoms with Gasteiger partial charge in [0.15, 0.2) is 0 Å². The van der Waals surface area contributed by atoms with Gasteiger partial charge in [-0.05, 0) is 13.0 Å². The highest BCUT2D eigenvalue weighted by atomic mass is 32.2. The second-order valence-corrected chi connectivity index (χ2v) is 7.13. The summed E-state index contributed by atoms with van der Waals surface area (Å²) in [4.78, 5) is 12.0. The molecular weight excluding hydrogens is 254 g/mol. The minimum absolute atomic E-state index is 0.00173. The molecule has 0 bridgehead atoms. The van der Waals surface area contributed by atoms with Crippen molar-refractivity contribution in [3.05, 3.63) is 0 Å². The molecule has 6 heteroatoms. The minimum Gasteiger partial charge on any atom is -0.379 e. The van der Waals surface area contributed by atoms with Crippen molar-refractivity contribution in [2.24, 2.45) is 5.92 Å². The van der Waals surface area contributed by atoms with Crippen molar-refractivity contribution in [2.75, 3.05) is 31.3 Å². The zero-order valence-electron chi connectivity index (χ0n) is 11.1. The summed E-state index contributed by atoms with van der Waals surface area (Å²) in [7, 11) is -3.06. The van der Waals surface area contributed by atoms with Crippen LogP contribution in [0.3, 0.4) is 0 Å². The molecule has 0 amide bonds. The number of hydrogen-bond donors (Lipinski definition) is 1. The molecule has 0 aliphatic carbocycles. The Morgan fingerprint density at radius 2 is 2.06 bits per heavy atom. The number of hydrogen-bond acceptors (Lipinski definition) is 5. The monoisotopic (exact) mass is 277 g/mol. The average molecular weight is 277 g/mol. The van der Waals surface area contributed by atoms with Crippen LogP contribution in [0, 0.1) is 5.92 Å². The Hall–Kier alpha value is -0.460. The van der Waals surface area contributed by atoms with Crippen molar-refractivity contribution in [2.45, 2.75) is 32.7 Å². The zero-order chi connectivity index (χ0) is 13.6. The van der Waals surface area contributed by atoms with Gasteiger partial charge in [0, 0.05) is 18.2 Å². The highest BCUT2D eigenvalue weighted by Crippen LogP contribution is 2.17. The number of Topliss-reactive ketones (excluding diaryl/α,β-unsaturated/α-hetero) is 1. The van der Waals surface area contributed by atoms with Gasteiger partial charge in [0.2, 0.25) is 0 Å². The molecule has 18 heavy (non-hydrogen) atoms. The summed E-state index contributed by atoms with van der Waals surface area (Å²) in [6.07, 6.45) is 1.11. The summed E-state index contributed by atoms with van der Waals surface area (Å²) < 4.78 is 28.1. The van der Waals surface area contributed by atoms with Gasteiger partial charge in [-0.1, -0.05) is 13.8 Å². The van der Waals surface area contributed by atoms with E-state index in [0.717, 1.165) is 13.0 Å². The summed E-state index contributed by atoms with van der Waals surface area (Å²) >= 11 is 0. The quantitative estimate of drug-likeness (QED) is 0.695. The molecule has 0 saturated carbocycles. The number of carbonyl (C=O) groups is 1. The Morgan fingerprint density at radius 1 is 1.33 bits per heavy atom. The van der Waals surface area contributed by atoms with Crippen LogP contribution in [-0.2, 0) is 19.4 Å². The third-order valence-corrected chi connectivity index (χ3v) is 4.96. The van der Waals surface area contributed by atoms with E-state index in [1.54, 1.807) is 6.92 Å². The van der Waals surface area contributed by atoms with Gasteiger partial charge < -0.3 is 10.1 Å². The number of nitrogens with one attached hydrogen (secondary N) is 1. The maximum atomic E-state index is 12.0. The largest absolute Gasteiger partial charge is 0.379 e. The SMILES string of the molecule is CCCNC1COCC1C(=O)CCS(=O)(=O)CC. The molecule has 0 aromatic carbocycles. The molecule has 2 atom stereocenters. The molecule has 0 spiro atoms. The highest BCUT2D eigenvalue weighted by molar-refractivity contribution is 7.91. The molecule has 1 aliphatic rings. The van der Waals surface area contributed by atoms with Crippen LogP contribution in [0.1, 0.15) is 26.7 Å². The number of carbonyl (C=O) groups excluding carboxylic acids is 1. The molecule has 1 saturated heterocycles. The fraction of sp³-hybridized carbons (Fsp3) is 0.917. The van der Waals surface area contributed by atoms with E-state index in [2.05, 4.69) is 12.2 Å². The minimum atomic E-state index is -3.06. The van der Waals surface area contributed by atoms with Crippen LogP contribution >= 0.6 is 0 Å². The summed E-state index contributed by atoms with van der Waals surface area (Å²) in [6, 6.07) is 0.0433.